The molecule has 0 aromatic carbocycles. The highest BCUT2D eigenvalue weighted by atomic mass is 32.1. The molecule has 3 aromatic rings. The summed E-state index contributed by atoms with van der Waals surface area (Å²) in [4.78, 5) is 14.3. The first-order valence-electron chi connectivity index (χ1n) is 7.36. The molecular weight excluding hydrogens is 371 g/mol. The van der Waals surface area contributed by atoms with Crippen molar-refractivity contribution in [1.82, 2.24) is 15.1 Å². The van der Waals surface area contributed by atoms with Gasteiger partial charge in [-0.1, -0.05) is 6.07 Å². The molecule has 4 nitrogen and oxygen atoms in total. The van der Waals surface area contributed by atoms with Crippen LogP contribution in [0.5, 0.6) is 0 Å². The Hall–Kier alpha value is -2.13. The molecule has 0 unspecified atom stereocenters. The lowest BCUT2D eigenvalue weighted by molar-refractivity contribution is -0.143. The maximum absolute atomic E-state index is 12.8. The molecule has 0 radical (unpaired) electrons. The topological polar surface area (TPSA) is 46.9 Å². The van der Waals surface area contributed by atoms with E-state index in [1.165, 1.54) is 11.9 Å². The van der Waals surface area contributed by atoms with Crippen molar-refractivity contribution in [2.45, 2.75) is 12.6 Å². The maximum Gasteiger partial charge on any atom is 0.433 e. The fourth-order valence-electron chi connectivity index (χ4n) is 2.29. The Bertz CT molecular complexity index is 866. The quantitative estimate of drug-likeness (QED) is 0.716. The van der Waals surface area contributed by atoms with Gasteiger partial charge in [0, 0.05) is 18.5 Å². The Balaban J connectivity index is 1.66. The lowest BCUT2D eigenvalue weighted by Gasteiger charge is -2.04. The second-order valence-electron chi connectivity index (χ2n) is 5.29. The summed E-state index contributed by atoms with van der Waals surface area (Å²) in [5.41, 5.74) is -0.615. The number of aryl methyl sites for hydroxylation is 1. The first-order chi connectivity index (χ1) is 11.8. The number of aromatic nitrogens is 2. The van der Waals surface area contributed by atoms with Gasteiger partial charge in [0.05, 0.1) is 9.75 Å². The van der Waals surface area contributed by atoms with E-state index in [0.29, 0.717) is 16.3 Å². The Morgan fingerprint density at radius 1 is 1.32 bits per heavy atom. The molecule has 0 bridgehead atoms. The van der Waals surface area contributed by atoms with Crippen molar-refractivity contribution in [2.75, 3.05) is 6.54 Å². The Morgan fingerprint density at radius 3 is 2.76 bits per heavy atom. The van der Waals surface area contributed by atoms with Gasteiger partial charge in [-0.05, 0) is 36.1 Å². The van der Waals surface area contributed by atoms with E-state index in [0.717, 1.165) is 28.5 Å². The van der Waals surface area contributed by atoms with Gasteiger partial charge in [-0.3, -0.25) is 9.48 Å². The average molecular weight is 385 g/mol. The molecule has 0 atom stereocenters. The molecule has 0 spiro atoms. The summed E-state index contributed by atoms with van der Waals surface area (Å²) >= 11 is 2.75. The second kappa shape index (κ2) is 7.01. The van der Waals surface area contributed by atoms with Crippen LogP contribution in [0.25, 0.3) is 10.6 Å². The number of hydrogen-bond acceptors (Lipinski definition) is 4. The van der Waals surface area contributed by atoms with Gasteiger partial charge in [0.25, 0.3) is 5.91 Å². The third-order valence-corrected chi connectivity index (χ3v) is 5.53. The van der Waals surface area contributed by atoms with Crippen molar-refractivity contribution < 1.29 is 18.0 Å². The lowest BCUT2D eigenvalue weighted by atomic mass is 10.3. The van der Waals surface area contributed by atoms with Crippen molar-refractivity contribution in [3.8, 4) is 10.6 Å². The third-order valence-electron chi connectivity index (χ3n) is 3.49. The summed E-state index contributed by atoms with van der Waals surface area (Å²) in [7, 11) is 1.25. The van der Waals surface area contributed by atoms with Gasteiger partial charge in [-0.25, -0.2) is 0 Å². The van der Waals surface area contributed by atoms with Crippen molar-refractivity contribution in [3.05, 3.63) is 51.2 Å². The zero-order valence-electron chi connectivity index (χ0n) is 13.1. The van der Waals surface area contributed by atoms with E-state index in [2.05, 4.69) is 10.4 Å². The molecule has 0 aliphatic rings. The molecule has 25 heavy (non-hydrogen) atoms. The van der Waals surface area contributed by atoms with Gasteiger partial charge in [0.2, 0.25) is 0 Å². The molecule has 3 aromatic heterocycles. The lowest BCUT2D eigenvalue weighted by Crippen LogP contribution is -2.24. The summed E-state index contributed by atoms with van der Waals surface area (Å²) < 4.78 is 39.3. The van der Waals surface area contributed by atoms with Crippen LogP contribution in [0.15, 0.2) is 35.7 Å². The Morgan fingerprint density at radius 2 is 2.12 bits per heavy atom. The number of nitrogens with one attached hydrogen (secondary N) is 1. The van der Waals surface area contributed by atoms with E-state index >= 15 is 0 Å². The molecule has 0 aliphatic heterocycles. The Kier molecular flexibility index (Phi) is 4.96. The number of carbonyl (C=O) groups excluding carboxylic acids is 1. The summed E-state index contributed by atoms with van der Waals surface area (Å²) in [5, 5.41) is 8.69. The average Bonchev–Trinajstić information content (AvgIpc) is 3.25. The van der Waals surface area contributed by atoms with Crippen LogP contribution < -0.4 is 5.32 Å². The molecule has 132 valence electrons. The molecule has 1 N–H and O–H groups in total. The number of nitrogens with zero attached hydrogens (tertiary/aromatic N) is 2. The summed E-state index contributed by atoms with van der Waals surface area (Å²) in [6.45, 7) is 0.508. The summed E-state index contributed by atoms with van der Waals surface area (Å²) in [6.07, 6.45) is -3.71. The Labute approximate surface area is 149 Å². The van der Waals surface area contributed by atoms with E-state index in [-0.39, 0.29) is 11.6 Å². The highest BCUT2D eigenvalue weighted by molar-refractivity contribution is 7.17. The van der Waals surface area contributed by atoms with E-state index in [1.807, 2.05) is 17.5 Å². The van der Waals surface area contributed by atoms with Gasteiger partial charge < -0.3 is 5.32 Å². The van der Waals surface area contributed by atoms with Gasteiger partial charge in [-0.2, -0.15) is 18.3 Å². The van der Waals surface area contributed by atoms with Crippen LogP contribution in [-0.4, -0.2) is 22.2 Å². The SMILES string of the molecule is Cn1nc(-c2ccc(C(=O)NCCc3cccs3)s2)cc1C(F)(F)F. The second-order valence-corrected chi connectivity index (χ2v) is 7.40. The standard InChI is InChI=1S/C16H14F3N3OS2/c1-22-14(16(17,18)19)9-11(21-22)12-4-5-13(25-12)15(23)20-7-6-10-3-2-8-24-10/h2-5,8-9H,6-7H2,1H3,(H,20,23). The van der Waals surface area contributed by atoms with Crippen LogP contribution in [-0.2, 0) is 19.6 Å². The fourth-order valence-corrected chi connectivity index (χ4v) is 3.88. The number of amides is 1. The number of rotatable bonds is 5. The smallest absolute Gasteiger partial charge is 0.351 e. The van der Waals surface area contributed by atoms with Gasteiger partial charge >= 0.3 is 6.18 Å². The highest BCUT2D eigenvalue weighted by Gasteiger charge is 2.35. The largest absolute Gasteiger partial charge is 0.433 e. The minimum absolute atomic E-state index is 0.206. The number of hydrogen-bond donors (Lipinski definition) is 1. The number of thiophene rings is 2. The number of carbonyl (C=O) groups is 1. The summed E-state index contributed by atoms with van der Waals surface area (Å²) in [5.74, 6) is -0.236. The molecule has 9 heteroatoms. The van der Waals surface area contributed by atoms with Crippen LogP contribution in [0.4, 0.5) is 13.2 Å². The van der Waals surface area contributed by atoms with Crippen LogP contribution in [0.3, 0.4) is 0 Å². The molecular formula is C16H14F3N3OS2. The van der Waals surface area contributed by atoms with Gasteiger partial charge in [0.15, 0.2) is 0 Å². The predicted molar refractivity (Wildman–Crippen MR) is 91.9 cm³/mol. The van der Waals surface area contributed by atoms with Gasteiger partial charge in [-0.15, -0.1) is 22.7 Å². The van der Waals surface area contributed by atoms with Crippen LogP contribution in [0.1, 0.15) is 20.2 Å². The van der Waals surface area contributed by atoms with Crippen molar-refractivity contribution in [1.29, 1.82) is 0 Å². The zero-order chi connectivity index (χ0) is 18.0. The van der Waals surface area contributed by atoms with Gasteiger partial charge in [0.1, 0.15) is 11.4 Å². The molecule has 0 saturated heterocycles. The molecule has 3 heterocycles. The molecule has 0 aliphatic carbocycles. The van der Waals surface area contributed by atoms with E-state index < -0.39 is 11.9 Å². The molecule has 3 rings (SSSR count). The highest BCUT2D eigenvalue weighted by Crippen LogP contribution is 2.34. The van der Waals surface area contributed by atoms with E-state index in [1.54, 1.807) is 23.5 Å². The van der Waals surface area contributed by atoms with Crippen molar-refractivity contribution >= 4 is 28.6 Å². The van der Waals surface area contributed by atoms with Crippen molar-refractivity contribution in [2.24, 2.45) is 7.05 Å². The van der Waals surface area contributed by atoms with Crippen LogP contribution >= 0.6 is 22.7 Å². The first kappa shape index (κ1) is 17.7. The molecule has 1 amide bonds. The number of alkyl halides is 3. The van der Waals surface area contributed by atoms with Crippen molar-refractivity contribution in [3.63, 3.8) is 0 Å². The predicted octanol–water partition coefficient (Wildman–Crippen LogP) is 4.20. The molecule has 0 fully saturated rings. The normalized spacial score (nSPS) is 11.7. The van der Waals surface area contributed by atoms with E-state index in [9.17, 15) is 18.0 Å². The van der Waals surface area contributed by atoms with Crippen LogP contribution in [0.2, 0.25) is 0 Å². The fraction of sp³-hybridized carbons (Fsp3) is 0.250. The third kappa shape index (κ3) is 4.10. The minimum atomic E-state index is -4.46. The van der Waals surface area contributed by atoms with E-state index in [4.69, 9.17) is 0 Å². The molecule has 0 saturated carbocycles. The number of halogens is 3. The zero-order valence-corrected chi connectivity index (χ0v) is 14.8. The monoisotopic (exact) mass is 385 g/mol. The summed E-state index contributed by atoms with van der Waals surface area (Å²) in [6, 6.07) is 8.16. The van der Waals surface area contributed by atoms with Crippen LogP contribution in [0, 0.1) is 0 Å². The maximum atomic E-state index is 12.8. The first-order valence-corrected chi connectivity index (χ1v) is 9.06. The minimum Gasteiger partial charge on any atom is -0.351 e.